The van der Waals surface area contributed by atoms with Crippen LogP contribution in [0.4, 0.5) is 5.69 Å². The number of aryl methyl sites for hydroxylation is 1. The molecule has 0 saturated carbocycles. The first-order valence-corrected chi connectivity index (χ1v) is 11.0. The third-order valence-corrected chi connectivity index (χ3v) is 6.57. The molecule has 1 amide bonds. The number of anilines is 1. The number of hydrogen-bond donors (Lipinski definition) is 1. The van der Waals surface area contributed by atoms with Crippen LogP contribution in [0.5, 0.6) is 11.5 Å². The van der Waals surface area contributed by atoms with E-state index in [4.69, 9.17) is 9.47 Å². The van der Waals surface area contributed by atoms with Crippen molar-refractivity contribution >= 4 is 17.7 Å². The summed E-state index contributed by atoms with van der Waals surface area (Å²) in [5.41, 5.74) is 4.63. The van der Waals surface area contributed by atoms with Gasteiger partial charge < -0.3 is 19.7 Å². The molecule has 0 aliphatic carbocycles. The van der Waals surface area contributed by atoms with Gasteiger partial charge in [0.1, 0.15) is 12.3 Å². The van der Waals surface area contributed by atoms with Crippen LogP contribution in [0.2, 0.25) is 0 Å². The van der Waals surface area contributed by atoms with Crippen molar-refractivity contribution in [2.24, 2.45) is 0 Å². The number of amides is 1. The first-order valence-electron chi connectivity index (χ1n) is 11.0. The fourth-order valence-corrected chi connectivity index (χ4v) is 4.79. The zero-order valence-electron chi connectivity index (χ0n) is 19.6. The Bertz CT molecular complexity index is 1100. The lowest BCUT2D eigenvalue weighted by Gasteiger charge is -2.49. The number of benzene rings is 2. The predicted octanol–water partition coefficient (Wildman–Crippen LogP) is 4.99. The smallest absolute Gasteiger partial charge is 0.223 e. The van der Waals surface area contributed by atoms with E-state index in [0.29, 0.717) is 31.1 Å². The Morgan fingerprint density at radius 3 is 2.72 bits per heavy atom. The highest BCUT2D eigenvalue weighted by atomic mass is 16.5. The van der Waals surface area contributed by atoms with Crippen molar-refractivity contribution in [1.29, 1.82) is 0 Å². The van der Waals surface area contributed by atoms with Crippen molar-refractivity contribution in [2.45, 2.75) is 45.2 Å². The standard InChI is InChI=1S/C27H32N2O3/c1-18(2)17-32-23-10-8-20(16-24(23)31-6)11-13-27-26(4,5)21-15-19(3)7-9-22(21)29(27)14-12-25(30)28-27/h7-11,13,15-16H,1,12,14,17H2,2-6H3,(H,28,30). The molecule has 1 saturated heterocycles. The van der Waals surface area contributed by atoms with Crippen molar-refractivity contribution in [3.8, 4) is 11.5 Å². The number of nitrogens with zero attached hydrogens (tertiary/aromatic N) is 1. The Kier molecular flexibility index (Phi) is 5.53. The molecule has 1 atom stereocenters. The number of methoxy groups -OCH3 is 1. The summed E-state index contributed by atoms with van der Waals surface area (Å²) >= 11 is 0. The highest BCUT2D eigenvalue weighted by molar-refractivity contribution is 5.84. The maximum Gasteiger partial charge on any atom is 0.223 e. The van der Waals surface area contributed by atoms with Crippen molar-refractivity contribution < 1.29 is 14.3 Å². The van der Waals surface area contributed by atoms with Crippen molar-refractivity contribution in [1.82, 2.24) is 5.32 Å². The molecule has 2 aliphatic rings. The Hall–Kier alpha value is -3.21. The summed E-state index contributed by atoms with van der Waals surface area (Å²) in [6.07, 6.45) is 4.67. The number of hydrogen-bond acceptors (Lipinski definition) is 4. The SMILES string of the molecule is C=C(C)COc1ccc(C=CC23NC(=O)CCN2c2ccc(C)cc2C3(C)C)cc1OC. The van der Waals surface area contributed by atoms with Crippen molar-refractivity contribution in [3.05, 3.63) is 71.3 Å². The van der Waals surface area contributed by atoms with Crippen LogP contribution < -0.4 is 19.7 Å². The molecule has 2 aromatic rings. The third-order valence-electron chi connectivity index (χ3n) is 6.57. The first-order chi connectivity index (χ1) is 15.2. The monoisotopic (exact) mass is 432 g/mol. The number of carbonyl (C=O) groups is 1. The van der Waals surface area contributed by atoms with Crippen LogP contribution in [-0.2, 0) is 10.2 Å². The molecule has 0 spiro atoms. The van der Waals surface area contributed by atoms with Gasteiger partial charge >= 0.3 is 0 Å². The normalized spacial score (nSPS) is 21.2. The van der Waals surface area contributed by atoms with Crippen LogP contribution in [0.25, 0.3) is 6.08 Å². The van der Waals surface area contributed by atoms with Gasteiger partial charge in [0.15, 0.2) is 11.5 Å². The molecule has 0 aromatic heterocycles. The molecular weight excluding hydrogens is 400 g/mol. The summed E-state index contributed by atoms with van der Waals surface area (Å²) in [4.78, 5) is 14.9. The Labute approximate surface area is 190 Å². The molecule has 32 heavy (non-hydrogen) atoms. The topological polar surface area (TPSA) is 50.8 Å². The Morgan fingerprint density at radius 1 is 1.22 bits per heavy atom. The lowest BCUT2D eigenvalue weighted by molar-refractivity contribution is -0.124. The second kappa shape index (κ2) is 8.05. The Balaban J connectivity index is 1.73. The van der Waals surface area contributed by atoms with Gasteiger partial charge in [0.05, 0.1) is 7.11 Å². The van der Waals surface area contributed by atoms with E-state index in [2.05, 4.69) is 67.9 Å². The molecule has 5 nitrogen and oxygen atoms in total. The van der Waals surface area contributed by atoms with Gasteiger partial charge in [-0.15, -0.1) is 0 Å². The van der Waals surface area contributed by atoms with Crippen LogP contribution in [0, 0.1) is 6.92 Å². The van der Waals surface area contributed by atoms with Crippen LogP contribution in [0.3, 0.4) is 0 Å². The van der Waals surface area contributed by atoms with E-state index in [1.807, 2.05) is 25.1 Å². The van der Waals surface area contributed by atoms with Crippen LogP contribution >= 0.6 is 0 Å². The van der Waals surface area contributed by atoms with Gasteiger partial charge in [-0.05, 0) is 54.8 Å². The average molecular weight is 433 g/mol. The molecule has 168 valence electrons. The fourth-order valence-electron chi connectivity index (χ4n) is 4.79. The molecule has 5 heteroatoms. The maximum atomic E-state index is 12.6. The number of rotatable bonds is 6. The van der Waals surface area contributed by atoms with E-state index in [1.54, 1.807) is 7.11 Å². The number of carbonyl (C=O) groups excluding carboxylic acids is 1. The van der Waals surface area contributed by atoms with Crippen molar-refractivity contribution in [2.75, 3.05) is 25.2 Å². The van der Waals surface area contributed by atoms with E-state index in [0.717, 1.165) is 11.1 Å². The first kappa shape index (κ1) is 22.0. The number of nitrogens with one attached hydrogen (secondary N) is 1. The predicted molar refractivity (Wildman–Crippen MR) is 129 cm³/mol. The zero-order valence-corrected chi connectivity index (χ0v) is 19.6. The molecule has 0 radical (unpaired) electrons. The summed E-state index contributed by atoms with van der Waals surface area (Å²) in [5, 5.41) is 3.33. The molecule has 2 aromatic carbocycles. The van der Waals surface area contributed by atoms with Gasteiger partial charge in [-0.25, -0.2) is 0 Å². The lowest BCUT2D eigenvalue weighted by Crippen LogP contribution is -2.68. The lowest BCUT2D eigenvalue weighted by atomic mass is 9.74. The maximum absolute atomic E-state index is 12.6. The quantitative estimate of drug-likeness (QED) is 0.654. The molecule has 1 unspecified atom stereocenters. The summed E-state index contributed by atoms with van der Waals surface area (Å²) < 4.78 is 11.3. The van der Waals surface area contributed by atoms with E-state index >= 15 is 0 Å². The highest BCUT2D eigenvalue weighted by Crippen LogP contribution is 2.52. The molecular formula is C27H32N2O3. The minimum absolute atomic E-state index is 0.0737. The van der Waals surface area contributed by atoms with Gasteiger partial charge in [0.25, 0.3) is 0 Å². The van der Waals surface area contributed by atoms with E-state index in [9.17, 15) is 4.79 Å². The van der Waals surface area contributed by atoms with E-state index < -0.39 is 5.66 Å². The molecule has 0 bridgehead atoms. The molecule has 4 rings (SSSR count). The molecule has 2 aliphatic heterocycles. The van der Waals surface area contributed by atoms with Crippen LogP contribution in [0.15, 0.2) is 54.6 Å². The van der Waals surface area contributed by atoms with Gasteiger partial charge in [0.2, 0.25) is 5.91 Å². The second-order valence-electron chi connectivity index (χ2n) is 9.35. The minimum Gasteiger partial charge on any atom is -0.493 e. The zero-order chi connectivity index (χ0) is 23.1. The number of ether oxygens (including phenoxy) is 2. The molecule has 1 N–H and O–H groups in total. The summed E-state index contributed by atoms with van der Waals surface area (Å²) in [5.74, 6) is 1.42. The van der Waals surface area contributed by atoms with Crippen LogP contribution in [0.1, 0.15) is 43.9 Å². The molecule has 2 heterocycles. The largest absolute Gasteiger partial charge is 0.493 e. The van der Waals surface area contributed by atoms with Crippen molar-refractivity contribution in [3.63, 3.8) is 0 Å². The second-order valence-corrected chi connectivity index (χ2v) is 9.35. The van der Waals surface area contributed by atoms with E-state index in [-0.39, 0.29) is 11.3 Å². The Morgan fingerprint density at radius 2 is 2.00 bits per heavy atom. The average Bonchev–Trinajstić information content (AvgIpc) is 2.94. The molecule has 1 fully saturated rings. The van der Waals surface area contributed by atoms with Gasteiger partial charge in [-0.2, -0.15) is 0 Å². The fraction of sp³-hybridized carbons (Fsp3) is 0.370. The minimum atomic E-state index is -0.638. The summed E-state index contributed by atoms with van der Waals surface area (Å²) in [7, 11) is 1.64. The van der Waals surface area contributed by atoms with Gasteiger partial charge in [-0.1, -0.05) is 50.3 Å². The summed E-state index contributed by atoms with van der Waals surface area (Å²) in [6.45, 7) is 13.5. The van der Waals surface area contributed by atoms with Gasteiger partial charge in [0, 0.05) is 24.1 Å². The highest BCUT2D eigenvalue weighted by Gasteiger charge is 2.57. The van der Waals surface area contributed by atoms with E-state index in [1.165, 1.54) is 16.8 Å². The summed E-state index contributed by atoms with van der Waals surface area (Å²) in [6, 6.07) is 12.4. The van der Waals surface area contributed by atoms with Gasteiger partial charge in [-0.3, -0.25) is 4.79 Å². The number of fused-ring (bicyclic) bond motifs is 3. The van der Waals surface area contributed by atoms with Crippen LogP contribution in [-0.4, -0.2) is 31.8 Å². The third kappa shape index (κ3) is 3.56.